The second kappa shape index (κ2) is 3.98. The molecule has 2 rings (SSSR count). The maximum atomic E-state index is 5.61. The summed E-state index contributed by atoms with van der Waals surface area (Å²) >= 11 is 0. The van der Waals surface area contributed by atoms with E-state index in [0.717, 1.165) is 18.9 Å². The third-order valence-corrected chi connectivity index (χ3v) is 2.52. The first kappa shape index (κ1) is 9.49. The van der Waals surface area contributed by atoms with Gasteiger partial charge in [0.15, 0.2) is 0 Å². The summed E-state index contributed by atoms with van der Waals surface area (Å²) in [5.41, 5.74) is 1.19. The smallest absolute Gasteiger partial charge is 0.136 e. The summed E-state index contributed by atoms with van der Waals surface area (Å²) in [6.45, 7) is 1.81. The van der Waals surface area contributed by atoms with E-state index in [-0.39, 0.29) is 6.23 Å². The molecule has 0 saturated carbocycles. The Hall–Kier alpha value is -1.06. The maximum absolute atomic E-state index is 5.61. The molecule has 1 heterocycles. The fourth-order valence-corrected chi connectivity index (χ4v) is 1.67. The first-order valence-corrected chi connectivity index (χ1v) is 4.77. The molecule has 1 saturated heterocycles. The van der Waals surface area contributed by atoms with Crippen LogP contribution >= 0.6 is 0 Å². The average Bonchev–Trinajstić information content (AvgIpc) is 2.65. The number of hydrogen-bond acceptors (Lipinski definition) is 3. The Morgan fingerprint density at radius 2 is 2.07 bits per heavy atom. The van der Waals surface area contributed by atoms with Crippen LogP contribution in [0.3, 0.4) is 0 Å². The van der Waals surface area contributed by atoms with Crippen molar-refractivity contribution >= 4 is 0 Å². The van der Waals surface area contributed by atoms with Crippen molar-refractivity contribution in [3.05, 3.63) is 29.8 Å². The monoisotopic (exact) mass is 193 g/mol. The third-order valence-electron chi connectivity index (χ3n) is 2.52. The molecule has 0 radical (unpaired) electrons. The van der Waals surface area contributed by atoms with Crippen molar-refractivity contribution in [2.45, 2.75) is 6.23 Å². The maximum Gasteiger partial charge on any atom is 0.136 e. The van der Waals surface area contributed by atoms with E-state index in [0.29, 0.717) is 0 Å². The Balaban J connectivity index is 2.16. The zero-order valence-electron chi connectivity index (χ0n) is 8.56. The van der Waals surface area contributed by atoms with Gasteiger partial charge >= 0.3 is 0 Å². The SMILES string of the molecule is COc1ccc([C@@H]2OCCN2C)cc1. The van der Waals surface area contributed by atoms with E-state index >= 15 is 0 Å². The summed E-state index contributed by atoms with van der Waals surface area (Å²) < 4.78 is 10.7. The van der Waals surface area contributed by atoms with Crippen LogP contribution in [0.4, 0.5) is 0 Å². The Kier molecular flexibility index (Phi) is 2.70. The Bertz CT molecular complexity index is 297. The first-order valence-electron chi connectivity index (χ1n) is 4.77. The lowest BCUT2D eigenvalue weighted by Crippen LogP contribution is -2.18. The number of likely N-dealkylation sites (N-methyl/N-ethyl adjacent to an activating group) is 1. The molecule has 14 heavy (non-hydrogen) atoms. The number of hydrogen-bond donors (Lipinski definition) is 0. The molecule has 1 aromatic rings. The third kappa shape index (κ3) is 1.74. The normalized spacial score (nSPS) is 22.6. The van der Waals surface area contributed by atoms with Crippen LogP contribution in [-0.2, 0) is 4.74 Å². The highest BCUT2D eigenvalue weighted by atomic mass is 16.5. The summed E-state index contributed by atoms with van der Waals surface area (Å²) in [5, 5.41) is 0. The van der Waals surface area contributed by atoms with Crippen LogP contribution in [0.5, 0.6) is 5.75 Å². The van der Waals surface area contributed by atoms with Crippen molar-refractivity contribution in [3.63, 3.8) is 0 Å². The van der Waals surface area contributed by atoms with Crippen molar-refractivity contribution in [3.8, 4) is 5.75 Å². The van der Waals surface area contributed by atoms with E-state index in [2.05, 4.69) is 11.9 Å². The van der Waals surface area contributed by atoms with E-state index < -0.39 is 0 Å². The van der Waals surface area contributed by atoms with Gasteiger partial charge in [0.05, 0.1) is 13.7 Å². The van der Waals surface area contributed by atoms with Crippen LogP contribution in [0.2, 0.25) is 0 Å². The molecule has 0 spiro atoms. The lowest BCUT2D eigenvalue weighted by Gasteiger charge is -2.18. The van der Waals surface area contributed by atoms with Gasteiger partial charge in [0.1, 0.15) is 12.0 Å². The molecule has 0 amide bonds. The van der Waals surface area contributed by atoms with Gasteiger partial charge in [-0.1, -0.05) is 12.1 Å². The number of rotatable bonds is 2. The molecule has 1 aliphatic rings. The predicted molar refractivity (Wildman–Crippen MR) is 54.3 cm³/mol. The van der Waals surface area contributed by atoms with E-state index in [9.17, 15) is 0 Å². The lowest BCUT2D eigenvalue weighted by molar-refractivity contribution is 0.0453. The van der Waals surface area contributed by atoms with Crippen LogP contribution in [-0.4, -0.2) is 32.2 Å². The second-order valence-electron chi connectivity index (χ2n) is 3.48. The fraction of sp³-hybridized carbons (Fsp3) is 0.455. The van der Waals surface area contributed by atoms with Crippen LogP contribution in [0.25, 0.3) is 0 Å². The summed E-state index contributed by atoms with van der Waals surface area (Å²) in [4.78, 5) is 2.20. The van der Waals surface area contributed by atoms with Gasteiger partial charge in [-0.3, -0.25) is 4.90 Å². The largest absolute Gasteiger partial charge is 0.497 e. The minimum Gasteiger partial charge on any atom is -0.497 e. The zero-order valence-corrected chi connectivity index (χ0v) is 8.56. The quantitative estimate of drug-likeness (QED) is 0.713. The van der Waals surface area contributed by atoms with E-state index in [1.807, 2.05) is 24.3 Å². The molecule has 76 valence electrons. The molecule has 0 aromatic heterocycles. The van der Waals surface area contributed by atoms with Gasteiger partial charge < -0.3 is 9.47 Å². The molecule has 3 heteroatoms. The zero-order chi connectivity index (χ0) is 9.97. The van der Waals surface area contributed by atoms with Crippen molar-refractivity contribution < 1.29 is 9.47 Å². The Labute approximate surface area is 84.2 Å². The van der Waals surface area contributed by atoms with Crippen molar-refractivity contribution in [1.82, 2.24) is 4.90 Å². The van der Waals surface area contributed by atoms with Crippen molar-refractivity contribution in [2.24, 2.45) is 0 Å². The topological polar surface area (TPSA) is 21.7 Å². The minimum atomic E-state index is 0.112. The summed E-state index contributed by atoms with van der Waals surface area (Å²) in [7, 11) is 3.75. The molecule has 0 unspecified atom stereocenters. The van der Waals surface area contributed by atoms with E-state index in [1.165, 1.54) is 5.56 Å². The van der Waals surface area contributed by atoms with Gasteiger partial charge in [0.25, 0.3) is 0 Å². The Morgan fingerprint density at radius 3 is 2.57 bits per heavy atom. The molecule has 1 fully saturated rings. The number of benzene rings is 1. The number of nitrogens with zero attached hydrogens (tertiary/aromatic N) is 1. The van der Waals surface area contributed by atoms with Crippen LogP contribution < -0.4 is 4.74 Å². The van der Waals surface area contributed by atoms with Gasteiger partial charge in [0.2, 0.25) is 0 Å². The molecule has 0 N–H and O–H groups in total. The lowest BCUT2D eigenvalue weighted by atomic mass is 10.2. The average molecular weight is 193 g/mol. The molecule has 0 bridgehead atoms. The van der Waals surface area contributed by atoms with Crippen LogP contribution in [0.1, 0.15) is 11.8 Å². The molecule has 1 atom stereocenters. The van der Waals surface area contributed by atoms with Crippen molar-refractivity contribution in [1.29, 1.82) is 0 Å². The summed E-state index contributed by atoms with van der Waals surface area (Å²) in [6.07, 6.45) is 0.112. The van der Waals surface area contributed by atoms with E-state index in [1.54, 1.807) is 7.11 Å². The summed E-state index contributed by atoms with van der Waals surface area (Å²) in [6, 6.07) is 8.02. The predicted octanol–water partition coefficient (Wildman–Crippen LogP) is 1.66. The number of methoxy groups -OCH3 is 1. The van der Waals surface area contributed by atoms with Crippen LogP contribution in [0, 0.1) is 0 Å². The number of ether oxygens (including phenoxy) is 2. The second-order valence-corrected chi connectivity index (χ2v) is 3.48. The molecular weight excluding hydrogens is 178 g/mol. The molecule has 0 aliphatic carbocycles. The first-order chi connectivity index (χ1) is 6.81. The standard InChI is InChI=1S/C11H15NO2/c1-12-7-8-14-11(12)9-3-5-10(13-2)6-4-9/h3-6,11H,7-8H2,1-2H3/t11-/m0/s1. The van der Waals surface area contributed by atoms with Gasteiger partial charge in [0, 0.05) is 6.54 Å². The van der Waals surface area contributed by atoms with Crippen molar-refractivity contribution in [2.75, 3.05) is 27.3 Å². The van der Waals surface area contributed by atoms with Gasteiger partial charge in [-0.2, -0.15) is 0 Å². The molecule has 1 aliphatic heterocycles. The molecular formula is C11H15NO2. The van der Waals surface area contributed by atoms with Crippen LogP contribution in [0.15, 0.2) is 24.3 Å². The summed E-state index contributed by atoms with van der Waals surface area (Å²) in [5.74, 6) is 0.884. The highest BCUT2D eigenvalue weighted by Gasteiger charge is 2.22. The minimum absolute atomic E-state index is 0.112. The molecule has 1 aromatic carbocycles. The highest BCUT2D eigenvalue weighted by molar-refractivity contribution is 5.28. The van der Waals surface area contributed by atoms with E-state index in [4.69, 9.17) is 9.47 Å². The molecule has 3 nitrogen and oxygen atoms in total. The Morgan fingerprint density at radius 1 is 1.36 bits per heavy atom. The van der Waals surface area contributed by atoms with Gasteiger partial charge in [-0.05, 0) is 24.7 Å². The van der Waals surface area contributed by atoms with Gasteiger partial charge in [-0.25, -0.2) is 0 Å². The highest BCUT2D eigenvalue weighted by Crippen LogP contribution is 2.26. The van der Waals surface area contributed by atoms with Gasteiger partial charge in [-0.15, -0.1) is 0 Å². The fourth-order valence-electron chi connectivity index (χ4n) is 1.67.